The second-order valence-electron chi connectivity index (χ2n) is 14.7. The van der Waals surface area contributed by atoms with Gasteiger partial charge in [-0.25, -0.2) is 0 Å². The summed E-state index contributed by atoms with van der Waals surface area (Å²) in [5.41, 5.74) is 17.2. The molecule has 0 spiro atoms. The molecule has 0 heterocycles. The highest BCUT2D eigenvalue weighted by Gasteiger charge is 2.41. The van der Waals surface area contributed by atoms with Crippen LogP contribution in [0, 0.1) is 0 Å². The normalized spacial score (nSPS) is 12.9. The third-order valence-electron chi connectivity index (χ3n) is 11.7. The fraction of sp³-hybridized carbons (Fsp3) is 0.0926. The van der Waals surface area contributed by atoms with Crippen molar-refractivity contribution < 1.29 is 4.79 Å². The van der Waals surface area contributed by atoms with Gasteiger partial charge in [0.2, 0.25) is 0 Å². The Morgan fingerprint density at radius 1 is 0.309 bits per heavy atom. The van der Waals surface area contributed by atoms with Gasteiger partial charge in [-0.05, 0) is 139 Å². The molecule has 0 fully saturated rings. The van der Waals surface area contributed by atoms with Crippen molar-refractivity contribution in [1.82, 2.24) is 0 Å². The minimum atomic E-state index is -0.266. The SMILES string of the molecule is CCC1(CC)c2ccc(-c3cc(-c4ccccc4)cc(-c4ccccc4)c3)cc2C(=O)c2cc(-c3cc(-c4ccccc4)cc(-c4ccccc4)c3)ccc21. The van der Waals surface area contributed by atoms with Crippen LogP contribution in [0.5, 0.6) is 0 Å². The average molecular weight is 707 g/mol. The maximum absolute atomic E-state index is 14.9. The lowest BCUT2D eigenvalue weighted by Crippen LogP contribution is -2.35. The van der Waals surface area contributed by atoms with Gasteiger partial charge in [0.25, 0.3) is 0 Å². The molecule has 264 valence electrons. The number of carbonyl (C=O) groups is 1. The van der Waals surface area contributed by atoms with Crippen molar-refractivity contribution >= 4 is 5.78 Å². The molecule has 1 aliphatic rings. The molecule has 0 saturated heterocycles. The lowest BCUT2D eigenvalue weighted by Gasteiger charge is -2.39. The minimum Gasteiger partial charge on any atom is -0.289 e. The summed E-state index contributed by atoms with van der Waals surface area (Å²) in [6, 6.07) is 69.0. The predicted molar refractivity (Wildman–Crippen MR) is 230 cm³/mol. The Hall–Kier alpha value is -6.57. The molecule has 0 aliphatic heterocycles. The Bertz CT molecular complexity index is 2350. The molecule has 55 heavy (non-hydrogen) atoms. The first-order valence-corrected chi connectivity index (χ1v) is 19.4. The van der Waals surface area contributed by atoms with E-state index in [1.807, 2.05) is 0 Å². The van der Waals surface area contributed by atoms with Gasteiger partial charge in [0.05, 0.1) is 0 Å². The van der Waals surface area contributed by atoms with Crippen LogP contribution >= 0.6 is 0 Å². The molecule has 1 aliphatic carbocycles. The molecule has 8 aromatic carbocycles. The van der Waals surface area contributed by atoms with Crippen molar-refractivity contribution in [2.45, 2.75) is 32.1 Å². The third-order valence-corrected chi connectivity index (χ3v) is 11.7. The topological polar surface area (TPSA) is 17.1 Å². The van der Waals surface area contributed by atoms with E-state index in [-0.39, 0.29) is 11.2 Å². The number of fused-ring (bicyclic) bond motifs is 2. The number of carbonyl (C=O) groups excluding carboxylic acids is 1. The zero-order valence-electron chi connectivity index (χ0n) is 31.3. The molecule has 0 saturated carbocycles. The van der Waals surface area contributed by atoms with Gasteiger partial charge < -0.3 is 0 Å². The zero-order chi connectivity index (χ0) is 37.4. The number of benzene rings is 8. The van der Waals surface area contributed by atoms with Crippen LogP contribution in [0.1, 0.15) is 53.7 Å². The number of ketones is 1. The van der Waals surface area contributed by atoms with Crippen LogP contribution in [0.2, 0.25) is 0 Å². The molecule has 0 unspecified atom stereocenters. The van der Waals surface area contributed by atoms with Crippen molar-refractivity contribution in [3.8, 4) is 66.8 Å². The van der Waals surface area contributed by atoms with E-state index in [0.717, 1.165) is 79.6 Å². The highest BCUT2D eigenvalue weighted by Crippen LogP contribution is 2.48. The first-order chi connectivity index (χ1) is 27.0. The summed E-state index contributed by atoms with van der Waals surface area (Å²) in [5.74, 6) is 0.0937. The van der Waals surface area contributed by atoms with E-state index in [9.17, 15) is 4.79 Å². The molecule has 8 aromatic rings. The largest absolute Gasteiger partial charge is 0.289 e. The molecular formula is C54H42O. The molecule has 0 amide bonds. The van der Waals surface area contributed by atoms with Gasteiger partial charge in [-0.15, -0.1) is 0 Å². The van der Waals surface area contributed by atoms with E-state index in [0.29, 0.717) is 0 Å². The van der Waals surface area contributed by atoms with Crippen LogP contribution in [0.4, 0.5) is 0 Å². The van der Waals surface area contributed by atoms with Gasteiger partial charge in [0.15, 0.2) is 5.78 Å². The summed E-state index contributed by atoms with van der Waals surface area (Å²) in [6.07, 6.45) is 1.80. The zero-order valence-corrected chi connectivity index (χ0v) is 31.3. The van der Waals surface area contributed by atoms with Crippen LogP contribution in [-0.4, -0.2) is 5.78 Å². The minimum absolute atomic E-state index is 0.0937. The van der Waals surface area contributed by atoms with Gasteiger partial charge in [0, 0.05) is 16.5 Å². The van der Waals surface area contributed by atoms with Crippen LogP contribution in [-0.2, 0) is 5.41 Å². The highest BCUT2D eigenvalue weighted by molar-refractivity contribution is 6.14. The number of rotatable bonds is 8. The lowest BCUT2D eigenvalue weighted by molar-refractivity contribution is 0.102. The Kier molecular flexibility index (Phi) is 8.92. The van der Waals surface area contributed by atoms with Gasteiger partial charge >= 0.3 is 0 Å². The fourth-order valence-corrected chi connectivity index (χ4v) is 8.74. The van der Waals surface area contributed by atoms with E-state index in [2.05, 4.69) is 208 Å². The van der Waals surface area contributed by atoms with E-state index >= 15 is 0 Å². The molecule has 1 nitrogen and oxygen atoms in total. The first-order valence-electron chi connectivity index (χ1n) is 19.4. The maximum Gasteiger partial charge on any atom is 0.193 e. The summed E-state index contributed by atoms with van der Waals surface area (Å²) in [6.45, 7) is 4.53. The van der Waals surface area contributed by atoms with Crippen molar-refractivity contribution in [3.05, 3.63) is 216 Å². The Morgan fingerprint density at radius 2 is 0.582 bits per heavy atom. The van der Waals surface area contributed by atoms with E-state index in [4.69, 9.17) is 0 Å². The van der Waals surface area contributed by atoms with Crippen molar-refractivity contribution in [2.75, 3.05) is 0 Å². The Balaban J connectivity index is 1.19. The van der Waals surface area contributed by atoms with Crippen molar-refractivity contribution in [1.29, 1.82) is 0 Å². The number of hydrogen-bond acceptors (Lipinski definition) is 1. The summed E-state index contributed by atoms with van der Waals surface area (Å²) in [5, 5.41) is 0. The summed E-state index contributed by atoms with van der Waals surface area (Å²) in [7, 11) is 0. The van der Waals surface area contributed by atoms with Gasteiger partial charge in [-0.2, -0.15) is 0 Å². The van der Waals surface area contributed by atoms with Gasteiger partial charge in [-0.3, -0.25) is 4.79 Å². The Labute approximate surface area is 324 Å². The number of hydrogen-bond donors (Lipinski definition) is 0. The molecular weight excluding hydrogens is 665 g/mol. The lowest BCUT2D eigenvalue weighted by atomic mass is 9.63. The maximum atomic E-state index is 14.9. The third kappa shape index (κ3) is 6.22. The van der Waals surface area contributed by atoms with E-state index in [1.54, 1.807) is 0 Å². The van der Waals surface area contributed by atoms with Gasteiger partial charge in [-0.1, -0.05) is 159 Å². The second kappa shape index (κ2) is 14.3. The molecule has 0 aromatic heterocycles. The molecule has 0 radical (unpaired) electrons. The Morgan fingerprint density at radius 3 is 0.855 bits per heavy atom. The van der Waals surface area contributed by atoms with Gasteiger partial charge in [0.1, 0.15) is 0 Å². The predicted octanol–water partition coefficient (Wildman–Crippen LogP) is 14.3. The van der Waals surface area contributed by atoms with E-state index in [1.165, 1.54) is 22.3 Å². The fourth-order valence-electron chi connectivity index (χ4n) is 8.74. The smallest absolute Gasteiger partial charge is 0.193 e. The van der Waals surface area contributed by atoms with Crippen LogP contribution in [0.3, 0.4) is 0 Å². The molecule has 0 bridgehead atoms. The molecule has 0 atom stereocenters. The molecule has 0 N–H and O–H groups in total. The molecule has 1 heteroatoms. The van der Waals surface area contributed by atoms with E-state index < -0.39 is 0 Å². The van der Waals surface area contributed by atoms with Crippen LogP contribution in [0.25, 0.3) is 66.8 Å². The van der Waals surface area contributed by atoms with Crippen molar-refractivity contribution in [3.63, 3.8) is 0 Å². The quantitative estimate of drug-likeness (QED) is 0.154. The van der Waals surface area contributed by atoms with Crippen molar-refractivity contribution in [2.24, 2.45) is 0 Å². The summed E-state index contributed by atoms with van der Waals surface area (Å²) < 4.78 is 0. The monoisotopic (exact) mass is 706 g/mol. The highest BCUT2D eigenvalue weighted by atomic mass is 16.1. The van der Waals surface area contributed by atoms with Crippen LogP contribution < -0.4 is 0 Å². The summed E-state index contributed by atoms with van der Waals surface area (Å²) in [4.78, 5) is 14.9. The standard InChI is InChI=1S/C54H42O/c1-3-54(4-2)51-27-25-41(47-31-43(37-17-9-5-10-18-37)29-44(32-47)38-19-11-6-12-20-38)35-49(51)53(55)50-36-42(26-28-52(50)54)48-33-45(39-21-13-7-14-22-39)30-46(34-48)40-23-15-8-16-24-40/h5-36H,3-4H2,1-2H3. The summed E-state index contributed by atoms with van der Waals surface area (Å²) >= 11 is 0. The second-order valence-corrected chi connectivity index (χ2v) is 14.7. The first kappa shape index (κ1) is 34.2. The molecule has 9 rings (SSSR count). The average Bonchev–Trinajstić information content (AvgIpc) is 3.27. The van der Waals surface area contributed by atoms with Crippen LogP contribution in [0.15, 0.2) is 194 Å².